The highest BCUT2D eigenvalue weighted by Gasteiger charge is 2.16. The van der Waals surface area contributed by atoms with Crippen molar-refractivity contribution in [1.82, 2.24) is 10.1 Å². The predicted octanol–water partition coefficient (Wildman–Crippen LogP) is 2.61. The van der Waals surface area contributed by atoms with Gasteiger partial charge >= 0.3 is 0 Å². The van der Waals surface area contributed by atoms with Crippen LogP contribution < -0.4 is 0 Å². The van der Waals surface area contributed by atoms with Crippen LogP contribution in [-0.2, 0) is 10.5 Å². The van der Waals surface area contributed by atoms with Gasteiger partial charge < -0.3 is 9.26 Å². The monoisotopic (exact) mass is 242 g/mol. The summed E-state index contributed by atoms with van der Waals surface area (Å²) in [6.07, 6.45) is 2.28. The van der Waals surface area contributed by atoms with Gasteiger partial charge in [0.2, 0.25) is 5.89 Å². The Morgan fingerprint density at radius 2 is 2.12 bits per heavy atom. The molecule has 0 amide bonds. The number of aromatic nitrogens is 2. The lowest BCUT2D eigenvalue weighted by molar-refractivity contribution is 0.1000. The molecule has 0 atom stereocenters. The van der Waals surface area contributed by atoms with Crippen LogP contribution in [0, 0.1) is 0 Å². The molecule has 0 unspecified atom stereocenters. The molecule has 0 aromatic carbocycles. The summed E-state index contributed by atoms with van der Waals surface area (Å²) < 4.78 is 10.5. The standard InChI is InChI=1S/C11H18N2O2S/c1-8(2)11-12-10(13-15-11)7-16-9-3-5-14-6-4-9/h8-9H,3-7H2,1-2H3. The lowest BCUT2D eigenvalue weighted by Gasteiger charge is -2.20. The van der Waals surface area contributed by atoms with Gasteiger partial charge in [0.15, 0.2) is 5.82 Å². The van der Waals surface area contributed by atoms with Crippen molar-refractivity contribution in [1.29, 1.82) is 0 Å². The Labute approximate surface area is 100 Å². The van der Waals surface area contributed by atoms with Crippen LogP contribution in [0.4, 0.5) is 0 Å². The van der Waals surface area contributed by atoms with Crippen molar-refractivity contribution in [2.75, 3.05) is 13.2 Å². The first kappa shape index (κ1) is 11.9. The number of hydrogen-bond donors (Lipinski definition) is 0. The normalized spacial score (nSPS) is 18.2. The molecule has 0 N–H and O–H groups in total. The molecule has 0 spiro atoms. The van der Waals surface area contributed by atoms with Gasteiger partial charge in [-0.1, -0.05) is 19.0 Å². The van der Waals surface area contributed by atoms with E-state index < -0.39 is 0 Å². The molecular formula is C11H18N2O2S. The van der Waals surface area contributed by atoms with Crippen molar-refractivity contribution in [2.45, 2.75) is 43.6 Å². The minimum Gasteiger partial charge on any atom is -0.381 e. The Morgan fingerprint density at radius 3 is 2.75 bits per heavy atom. The fourth-order valence-corrected chi connectivity index (χ4v) is 2.62. The zero-order chi connectivity index (χ0) is 11.4. The molecule has 4 nitrogen and oxygen atoms in total. The average molecular weight is 242 g/mol. The molecule has 0 aliphatic carbocycles. The van der Waals surface area contributed by atoms with Crippen molar-refractivity contribution in [2.24, 2.45) is 0 Å². The molecule has 1 aromatic heterocycles. The first-order chi connectivity index (χ1) is 7.75. The second kappa shape index (κ2) is 5.68. The van der Waals surface area contributed by atoms with Crippen molar-refractivity contribution < 1.29 is 9.26 Å². The Hall–Kier alpha value is -0.550. The van der Waals surface area contributed by atoms with E-state index in [0.29, 0.717) is 11.2 Å². The van der Waals surface area contributed by atoms with E-state index in [1.807, 2.05) is 11.8 Å². The van der Waals surface area contributed by atoms with Gasteiger partial charge in [0, 0.05) is 24.4 Å². The second-order valence-corrected chi connectivity index (χ2v) is 5.61. The maximum Gasteiger partial charge on any atom is 0.229 e. The molecule has 1 aliphatic rings. The summed E-state index contributed by atoms with van der Waals surface area (Å²) in [5, 5.41) is 4.67. The van der Waals surface area contributed by atoms with Crippen LogP contribution in [0.1, 0.15) is 44.3 Å². The third-order valence-electron chi connectivity index (χ3n) is 2.59. The Balaban J connectivity index is 1.79. The van der Waals surface area contributed by atoms with Gasteiger partial charge in [0.1, 0.15) is 0 Å². The molecule has 0 bridgehead atoms. The van der Waals surface area contributed by atoms with Gasteiger partial charge in [0.25, 0.3) is 0 Å². The Kier molecular flexibility index (Phi) is 4.23. The molecule has 0 saturated carbocycles. The lowest BCUT2D eigenvalue weighted by atomic mass is 10.2. The van der Waals surface area contributed by atoms with Crippen LogP contribution in [0.5, 0.6) is 0 Å². The molecule has 90 valence electrons. The highest BCUT2D eigenvalue weighted by molar-refractivity contribution is 7.99. The van der Waals surface area contributed by atoms with Gasteiger partial charge in [-0.05, 0) is 12.8 Å². The van der Waals surface area contributed by atoms with Crippen LogP contribution in [0.3, 0.4) is 0 Å². The summed E-state index contributed by atoms with van der Waals surface area (Å²) in [5.74, 6) is 2.72. The zero-order valence-electron chi connectivity index (χ0n) is 9.81. The predicted molar refractivity (Wildman–Crippen MR) is 63.5 cm³/mol. The summed E-state index contributed by atoms with van der Waals surface area (Å²) in [6, 6.07) is 0. The summed E-state index contributed by atoms with van der Waals surface area (Å²) in [5.41, 5.74) is 0. The molecule has 16 heavy (non-hydrogen) atoms. The molecule has 1 aromatic rings. The number of ether oxygens (including phenoxy) is 1. The molecule has 2 rings (SSSR count). The topological polar surface area (TPSA) is 48.2 Å². The molecule has 0 radical (unpaired) electrons. The van der Waals surface area contributed by atoms with E-state index in [1.54, 1.807) is 0 Å². The minimum absolute atomic E-state index is 0.314. The Bertz CT molecular complexity index is 322. The van der Waals surface area contributed by atoms with Gasteiger partial charge in [-0.15, -0.1) is 0 Å². The fraction of sp³-hybridized carbons (Fsp3) is 0.818. The first-order valence-corrected chi connectivity index (χ1v) is 6.82. The maximum absolute atomic E-state index is 5.32. The van der Waals surface area contributed by atoms with E-state index in [2.05, 4.69) is 24.0 Å². The van der Waals surface area contributed by atoms with Crippen LogP contribution in [0.25, 0.3) is 0 Å². The van der Waals surface area contributed by atoms with E-state index in [0.717, 1.165) is 43.5 Å². The quantitative estimate of drug-likeness (QED) is 0.812. The number of rotatable bonds is 4. The first-order valence-electron chi connectivity index (χ1n) is 5.77. The molecular weight excluding hydrogens is 224 g/mol. The third-order valence-corrected chi connectivity index (χ3v) is 3.96. The van der Waals surface area contributed by atoms with Crippen molar-refractivity contribution in [3.63, 3.8) is 0 Å². The molecule has 2 heterocycles. The summed E-state index contributed by atoms with van der Waals surface area (Å²) in [6.45, 7) is 5.90. The summed E-state index contributed by atoms with van der Waals surface area (Å²) in [7, 11) is 0. The Morgan fingerprint density at radius 1 is 1.38 bits per heavy atom. The van der Waals surface area contributed by atoms with Crippen LogP contribution in [0.2, 0.25) is 0 Å². The smallest absolute Gasteiger partial charge is 0.229 e. The lowest BCUT2D eigenvalue weighted by Crippen LogP contribution is -2.17. The van der Waals surface area contributed by atoms with Crippen LogP contribution >= 0.6 is 11.8 Å². The molecule has 1 aliphatic heterocycles. The van der Waals surface area contributed by atoms with Gasteiger partial charge in [0.05, 0.1) is 5.75 Å². The molecule has 5 heteroatoms. The van der Waals surface area contributed by atoms with Crippen molar-refractivity contribution >= 4 is 11.8 Å². The third kappa shape index (κ3) is 3.22. The summed E-state index contributed by atoms with van der Waals surface area (Å²) in [4.78, 5) is 4.36. The second-order valence-electron chi connectivity index (χ2n) is 4.33. The van der Waals surface area contributed by atoms with E-state index in [4.69, 9.17) is 9.26 Å². The minimum atomic E-state index is 0.314. The van der Waals surface area contributed by atoms with Crippen molar-refractivity contribution in [3.8, 4) is 0 Å². The highest BCUT2D eigenvalue weighted by atomic mass is 32.2. The van der Waals surface area contributed by atoms with Gasteiger partial charge in [-0.2, -0.15) is 16.7 Å². The molecule has 1 fully saturated rings. The fourth-order valence-electron chi connectivity index (χ4n) is 1.60. The van der Waals surface area contributed by atoms with E-state index >= 15 is 0 Å². The van der Waals surface area contributed by atoms with Crippen LogP contribution in [-0.4, -0.2) is 28.6 Å². The SMILES string of the molecule is CC(C)c1nc(CSC2CCOCC2)no1. The van der Waals surface area contributed by atoms with E-state index in [9.17, 15) is 0 Å². The maximum atomic E-state index is 5.32. The van der Waals surface area contributed by atoms with Crippen molar-refractivity contribution in [3.05, 3.63) is 11.7 Å². The van der Waals surface area contributed by atoms with Crippen LogP contribution in [0.15, 0.2) is 4.52 Å². The van der Waals surface area contributed by atoms with Gasteiger partial charge in [-0.3, -0.25) is 0 Å². The zero-order valence-corrected chi connectivity index (χ0v) is 10.6. The molecule has 1 saturated heterocycles. The average Bonchev–Trinajstić information content (AvgIpc) is 2.76. The van der Waals surface area contributed by atoms with Gasteiger partial charge in [-0.25, -0.2) is 0 Å². The van der Waals surface area contributed by atoms with E-state index in [-0.39, 0.29) is 0 Å². The summed E-state index contributed by atoms with van der Waals surface area (Å²) >= 11 is 1.91. The van der Waals surface area contributed by atoms with E-state index in [1.165, 1.54) is 0 Å². The number of nitrogens with zero attached hydrogens (tertiary/aromatic N) is 2. The number of hydrogen-bond acceptors (Lipinski definition) is 5. The number of thioether (sulfide) groups is 1. The highest BCUT2D eigenvalue weighted by Crippen LogP contribution is 2.25. The largest absolute Gasteiger partial charge is 0.381 e.